The fraction of sp³-hybridized carbons (Fsp3) is 0.350. The number of rotatable bonds is 5. The molecule has 0 spiro atoms. The maximum atomic E-state index is 14.6. The number of nitrogens with zero attached hydrogens (tertiary/aromatic N) is 2. The zero-order valence-corrected chi connectivity index (χ0v) is 19.6. The third kappa shape index (κ3) is 4.24. The third-order valence-corrected chi connectivity index (χ3v) is 7.91. The van der Waals surface area contributed by atoms with Crippen LogP contribution in [-0.4, -0.2) is 44.3 Å². The summed E-state index contributed by atoms with van der Waals surface area (Å²) in [6.07, 6.45) is 3.82. The molecule has 8 nitrogen and oxygen atoms in total. The monoisotopic (exact) mass is 469 g/mol. The van der Waals surface area contributed by atoms with E-state index in [-0.39, 0.29) is 21.9 Å². The van der Waals surface area contributed by atoms with Crippen LogP contribution < -0.4 is 9.46 Å². The maximum Gasteiger partial charge on any atom is 0.229 e. The van der Waals surface area contributed by atoms with Crippen LogP contribution in [0.2, 0.25) is 0 Å². The minimum atomic E-state index is -3.77. The Kier molecular flexibility index (Phi) is 5.56. The van der Waals surface area contributed by atoms with Gasteiger partial charge in [0.05, 0.1) is 35.7 Å². The van der Waals surface area contributed by atoms with Gasteiger partial charge in [-0.1, -0.05) is 0 Å². The van der Waals surface area contributed by atoms with Gasteiger partial charge in [-0.05, 0) is 39.8 Å². The smallest absolute Gasteiger partial charge is 0.229 e. The molecule has 0 aliphatic carbocycles. The second-order valence-electron chi connectivity index (χ2n) is 8.20. The highest BCUT2D eigenvalue weighted by atomic mass is 32.2. The number of methoxy groups -OCH3 is 1. The number of halogens is 1. The Labute approximate surface area is 181 Å². The summed E-state index contributed by atoms with van der Waals surface area (Å²) in [7, 11) is -6.03. The molecule has 2 aromatic heterocycles. The lowest BCUT2D eigenvalue weighted by Crippen LogP contribution is -2.28. The van der Waals surface area contributed by atoms with Gasteiger partial charge >= 0.3 is 0 Å². The first-order valence-electron chi connectivity index (χ1n) is 9.24. The van der Waals surface area contributed by atoms with Crippen molar-refractivity contribution in [3.8, 4) is 17.0 Å². The molecule has 3 rings (SSSR count). The predicted molar refractivity (Wildman–Crippen MR) is 117 cm³/mol. The average molecular weight is 470 g/mol. The number of nitrogens with one attached hydrogen (secondary N) is 1. The maximum absolute atomic E-state index is 14.6. The standard InChI is InChI=1S/C20H24FN3O5S2/c1-12-14(21)7-13(8-15(12)23-30(6,25)26)16-10-22-19-9-17(29-5)18(11-24(16)19)31(27,28)20(2,3)4/h7-11,23H,1-6H3. The number of sulfonamides is 1. The Morgan fingerprint density at radius 1 is 1.13 bits per heavy atom. The first-order valence-corrected chi connectivity index (χ1v) is 12.6. The minimum absolute atomic E-state index is 0.0312. The number of hydrogen-bond donors (Lipinski definition) is 1. The molecule has 2 heterocycles. The highest BCUT2D eigenvalue weighted by Crippen LogP contribution is 2.35. The molecule has 0 aliphatic heterocycles. The van der Waals surface area contributed by atoms with Crippen LogP contribution in [0.25, 0.3) is 16.9 Å². The largest absolute Gasteiger partial charge is 0.495 e. The summed E-state index contributed by atoms with van der Waals surface area (Å²) in [5, 5.41) is 0. The van der Waals surface area contributed by atoms with E-state index in [2.05, 4.69) is 9.71 Å². The van der Waals surface area contributed by atoms with E-state index in [1.165, 1.54) is 49.0 Å². The van der Waals surface area contributed by atoms with Gasteiger partial charge < -0.3 is 4.74 Å². The van der Waals surface area contributed by atoms with E-state index in [4.69, 9.17) is 4.74 Å². The fourth-order valence-electron chi connectivity index (χ4n) is 3.02. The van der Waals surface area contributed by atoms with Crippen molar-refractivity contribution in [2.24, 2.45) is 0 Å². The zero-order chi connectivity index (χ0) is 23.4. The van der Waals surface area contributed by atoms with Gasteiger partial charge in [0.25, 0.3) is 0 Å². The van der Waals surface area contributed by atoms with Gasteiger partial charge in [-0.2, -0.15) is 0 Å². The van der Waals surface area contributed by atoms with Crippen LogP contribution in [-0.2, 0) is 19.9 Å². The first kappa shape index (κ1) is 23.0. The lowest BCUT2D eigenvalue weighted by atomic mass is 10.1. The molecule has 0 aliphatic rings. The molecular weight excluding hydrogens is 445 g/mol. The van der Waals surface area contributed by atoms with Crippen molar-refractivity contribution in [3.05, 3.63) is 42.0 Å². The number of hydrogen-bond acceptors (Lipinski definition) is 6. The lowest BCUT2D eigenvalue weighted by molar-refractivity contribution is 0.401. The minimum Gasteiger partial charge on any atom is -0.495 e. The van der Waals surface area contributed by atoms with E-state index in [1.54, 1.807) is 20.8 Å². The van der Waals surface area contributed by atoms with Crippen LogP contribution in [0.4, 0.5) is 10.1 Å². The Morgan fingerprint density at radius 3 is 2.32 bits per heavy atom. The van der Waals surface area contributed by atoms with Gasteiger partial charge in [0.1, 0.15) is 22.1 Å². The number of sulfone groups is 1. The molecule has 11 heteroatoms. The van der Waals surface area contributed by atoms with Crippen molar-refractivity contribution in [1.29, 1.82) is 0 Å². The fourth-order valence-corrected chi connectivity index (χ4v) is 4.95. The van der Waals surface area contributed by atoms with Gasteiger partial charge in [0, 0.05) is 23.4 Å². The van der Waals surface area contributed by atoms with Crippen LogP contribution in [0.5, 0.6) is 5.75 Å². The summed E-state index contributed by atoms with van der Waals surface area (Å²) in [5.41, 5.74) is 1.33. The molecule has 3 aromatic rings. The van der Waals surface area contributed by atoms with E-state index < -0.39 is 30.4 Å². The number of ether oxygens (including phenoxy) is 1. The Balaban J connectivity index is 2.30. The van der Waals surface area contributed by atoms with E-state index in [1.807, 2.05) is 0 Å². The number of anilines is 1. The average Bonchev–Trinajstić information content (AvgIpc) is 3.05. The molecule has 0 atom stereocenters. The van der Waals surface area contributed by atoms with Crippen LogP contribution in [0.15, 0.2) is 35.5 Å². The number of pyridine rings is 1. The Morgan fingerprint density at radius 2 is 1.77 bits per heavy atom. The summed E-state index contributed by atoms with van der Waals surface area (Å²) >= 11 is 0. The van der Waals surface area contributed by atoms with E-state index in [9.17, 15) is 21.2 Å². The number of aromatic nitrogens is 2. The molecule has 168 valence electrons. The molecule has 0 saturated heterocycles. The lowest BCUT2D eigenvalue weighted by Gasteiger charge is -2.21. The molecule has 0 unspecified atom stereocenters. The van der Waals surface area contributed by atoms with Crippen molar-refractivity contribution < 1.29 is 26.0 Å². The number of fused-ring (bicyclic) bond motifs is 1. The summed E-state index contributed by atoms with van der Waals surface area (Å²) in [6, 6.07) is 4.21. The van der Waals surface area contributed by atoms with E-state index in [0.29, 0.717) is 16.9 Å². The number of benzene rings is 1. The quantitative estimate of drug-likeness (QED) is 0.614. The van der Waals surface area contributed by atoms with Gasteiger partial charge in [0.2, 0.25) is 10.0 Å². The SMILES string of the molecule is COc1cc2ncc(-c3cc(F)c(C)c(NS(C)(=O)=O)c3)n2cc1S(=O)(=O)C(C)(C)C. The summed E-state index contributed by atoms with van der Waals surface area (Å²) in [5.74, 6) is -0.469. The molecule has 0 saturated carbocycles. The Bertz CT molecular complexity index is 1390. The van der Waals surface area contributed by atoms with Crippen LogP contribution >= 0.6 is 0 Å². The molecule has 0 amide bonds. The molecule has 0 bridgehead atoms. The van der Waals surface area contributed by atoms with Crippen LogP contribution in [0, 0.1) is 12.7 Å². The topological polar surface area (TPSA) is 107 Å². The highest BCUT2D eigenvalue weighted by Gasteiger charge is 2.34. The van der Waals surface area contributed by atoms with E-state index >= 15 is 0 Å². The van der Waals surface area contributed by atoms with Crippen molar-refractivity contribution >= 4 is 31.2 Å². The normalized spacial score (nSPS) is 12.9. The van der Waals surface area contributed by atoms with Crippen LogP contribution in [0.3, 0.4) is 0 Å². The Hall–Kier alpha value is -2.66. The summed E-state index contributed by atoms with van der Waals surface area (Å²) in [6.45, 7) is 6.21. The zero-order valence-electron chi connectivity index (χ0n) is 18.0. The molecule has 1 aromatic carbocycles. The third-order valence-electron chi connectivity index (χ3n) is 4.83. The van der Waals surface area contributed by atoms with Crippen molar-refractivity contribution in [2.45, 2.75) is 37.3 Å². The summed E-state index contributed by atoms with van der Waals surface area (Å²) in [4.78, 5) is 4.24. The van der Waals surface area contributed by atoms with Gasteiger partial charge in [-0.3, -0.25) is 9.12 Å². The van der Waals surface area contributed by atoms with Gasteiger partial charge in [0.15, 0.2) is 9.84 Å². The van der Waals surface area contributed by atoms with Gasteiger partial charge in [-0.15, -0.1) is 0 Å². The van der Waals surface area contributed by atoms with Crippen molar-refractivity contribution in [1.82, 2.24) is 9.38 Å². The second kappa shape index (κ2) is 7.49. The molecule has 0 radical (unpaired) electrons. The van der Waals surface area contributed by atoms with Crippen LogP contribution in [0.1, 0.15) is 26.3 Å². The van der Waals surface area contributed by atoms with E-state index in [0.717, 1.165) is 6.26 Å². The van der Waals surface area contributed by atoms with Crippen molar-refractivity contribution in [2.75, 3.05) is 18.1 Å². The van der Waals surface area contributed by atoms with Gasteiger partial charge in [-0.25, -0.2) is 26.2 Å². The molecule has 1 N–H and O–H groups in total. The molecule has 0 fully saturated rings. The number of imidazole rings is 1. The molecular formula is C20H24FN3O5S2. The first-order chi connectivity index (χ1) is 14.2. The van der Waals surface area contributed by atoms with Crippen molar-refractivity contribution in [3.63, 3.8) is 0 Å². The summed E-state index contributed by atoms with van der Waals surface area (Å²) < 4.78 is 72.1. The highest BCUT2D eigenvalue weighted by molar-refractivity contribution is 7.93. The predicted octanol–water partition coefficient (Wildman–Crippen LogP) is 3.40. The molecule has 31 heavy (non-hydrogen) atoms. The second-order valence-corrected chi connectivity index (χ2v) is 12.6.